The van der Waals surface area contributed by atoms with Crippen molar-refractivity contribution in [3.63, 3.8) is 0 Å². The van der Waals surface area contributed by atoms with Crippen LogP contribution < -0.4 is 9.80 Å². The maximum absolute atomic E-state index is 2.63. The van der Waals surface area contributed by atoms with Gasteiger partial charge < -0.3 is 9.80 Å². The summed E-state index contributed by atoms with van der Waals surface area (Å²) in [6.07, 6.45) is 2.08. The summed E-state index contributed by atoms with van der Waals surface area (Å²) in [6, 6.07) is 75.7. The van der Waals surface area contributed by atoms with Gasteiger partial charge >= 0.3 is 0 Å². The highest BCUT2D eigenvalue weighted by molar-refractivity contribution is 7.26. The number of benzene rings is 12. The first kappa shape index (κ1) is 40.2. The quantitative estimate of drug-likeness (QED) is 0.153. The van der Waals surface area contributed by atoms with Crippen molar-refractivity contribution in [3.05, 3.63) is 217 Å². The van der Waals surface area contributed by atoms with Gasteiger partial charge in [0.05, 0.1) is 43.5 Å². The highest BCUT2D eigenvalue weighted by atomic mass is 32.1. The number of fused-ring (bicyclic) bond motifs is 8. The van der Waals surface area contributed by atoms with E-state index in [1.165, 1.54) is 145 Å². The SMILES string of the molecule is Cc1cc(N(c2cccc3ccccc23)c2cccc3c2sc2ccccc23)c2cc3c4c(cc(N(c5cccc6ccccc56)c5cccc6c5sc5ccccc56)c5ccc1c2c54)CCC3(C)C. The van der Waals surface area contributed by atoms with Gasteiger partial charge in [-0.1, -0.05) is 159 Å². The van der Waals surface area contributed by atoms with E-state index in [0.29, 0.717) is 0 Å². The Balaban J connectivity index is 1.10. The van der Waals surface area contributed by atoms with Crippen molar-refractivity contribution in [1.82, 2.24) is 0 Å². The van der Waals surface area contributed by atoms with Crippen LogP contribution in [-0.2, 0) is 11.8 Å². The first-order valence-corrected chi connectivity index (χ1v) is 26.2. The van der Waals surface area contributed by atoms with Crippen LogP contribution in [0.4, 0.5) is 34.1 Å². The number of hydrogen-bond acceptors (Lipinski definition) is 4. The minimum absolute atomic E-state index is 0.0444. The summed E-state index contributed by atoms with van der Waals surface area (Å²) in [5.41, 5.74) is 11.3. The fraction of sp³-hybridized carbons (Fsp3) is 0.0909. The molecule has 0 bridgehead atoms. The molecule has 4 heteroatoms. The van der Waals surface area contributed by atoms with Crippen LogP contribution in [0.5, 0.6) is 0 Å². The number of hydrogen-bond donors (Lipinski definition) is 0. The topological polar surface area (TPSA) is 6.48 Å². The van der Waals surface area contributed by atoms with Crippen molar-refractivity contribution < 1.29 is 0 Å². The van der Waals surface area contributed by atoms with E-state index in [4.69, 9.17) is 0 Å². The fourth-order valence-corrected chi connectivity index (χ4v) is 14.8. The molecule has 1 aliphatic carbocycles. The molecule has 2 aromatic heterocycles. The molecule has 2 nitrogen and oxygen atoms in total. The van der Waals surface area contributed by atoms with Gasteiger partial charge in [-0.25, -0.2) is 0 Å². The van der Waals surface area contributed by atoms with E-state index in [0.717, 1.165) is 12.8 Å². The highest BCUT2D eigenvalue weighted by Crippen LogP contribution is 2.56. The van der Waals surface area contributed by atoms with Crippen LogP contribution in [0.3, 0.4) is 0 Å². The summed E-state index contributed by atoms with van der Waals surface area (Å²) in [4.78, 5) is 5.24. The molecule has 0 saturated carbocycles. The van der Waals surface area contributed by atoms with Gasteiger partial charge in [0.2, 0.25) is 0 Å². The maximum atomic E-state index is 2.63. The molecule has 0 radical (unpaired) electrons. The summed E-state index contributed by atoms with van der Waals surface area (Å²) in [5.74, 6) is 0. The molecule has 15 rings (SSSR count). The Kier molecular flexibility index (Phi) is 8.53. The normalized spacial score (nSPS) is 13.6. The molecule has 0 fully saturated rings. The maximum Gasteiger partial charge on any atom is 0.0640 e. The number of aryl methyl sites for hydroxylation is 2. The van der Waals surface area contributed by atoms with Crippen LogP contribution in [0.15, 0.2) is 200 Å². The molecule has 1 aliphatic rings. The zero-order chi connectivity index (χ0) is 46.4. The molecule has 2 heterocycles. The second-order valence-corrected chi connectivity index (χ2v) is 22.2. The largest absolute Gasteiger partial charge is 0.308 e. The second kappa shape index (κ2) is 14.9. The predicted octanol–water partition coefficient (Wildman–Crippen LogP) is 20.1. The van der Waals surface area contributed by atoms with E-state index in [2.05, 4.69) is 231 Å². The molecule has 0 N–H and O–H groups in total. The van der Waals surface area contributed by atoms with Crippen molar-refractivity contribution >= 4 is 151 Å². The molecule has 0 saturated heterocycles. The van der Waals surface area contributed by atoms with Crippen LogP contribution in [0.25, 0.3) is 94.2 Å². The van der Waals surface area contributed by atoms with E-state index >= 15 is 0 Å². The molecule has 0 unspecified atom stereocenters. The lowest BCUT2D eigenvalue weighted by molar-refractivity contribution is 0.475. The lowest BCUT2D eigenvalue weighted by Crippen LogP contribution is -2.24. The van der Waals surface area contributed by atoms with Crippen molar-refractivity contribution in [3.8, 4) is 0 Å². The molecule has 0 aliphatic heterocycles. The minimum atomic E-state index is -0.0444. The van der Waals surface area contributed by atoms with E-state index in [1.54, 1.807) is 0 Å². The van der Waals surface area contributed by atoms with Crippen LogP contribution in [-0.4, -0.2) is 0 Å². The third kappa shape index (κ3) is 5.66. The first-order valence-electron chi connectivity index (χ1n) is 24.5. The molecule has 332 valence electrons. The average molecular weight is 931 g/mol. The minimum Gasteiger partial charge on any atom is -0.308 e. The molecule has 0 spiro atoms. The van der Waals surface area contributed by atoms with Gasteiger partial charge in [-0.2, -0.15) is 0 Å². The Hall–Kier alpha value is -7.76. The van der Waals surface area contributed by atoms with Gasteiger partial charge in [-0.15, -0.1) is 22.7 Å². The summed E-state index contributed by atoms with van der Waals surface area (Å²) < 4.78 is 5.22. The van der Waals surface area contributed by atoms with E-state index in [-0.39, 0.29) is 5.41 Å². The predicted molar refractivity (Wildman–Crippen MR) is 306 cm³/mol. The molecular formula is C66H46N2S2. The number of rotatable bonds is 6. The third-order valence-electron chi connectivity index (χ3n) is 15.7. The van der Waals surface area contributed by atoms with Crippen LogP contribution >= 0.6 is 22.7 Å². The first-order chi connectivity index (χ1) is 34.4. The molecule has 12 aromatic carbocycles. The Morgan fingerprint density at radius 2 is 0.843 bits per heavy atom. The van der Waals surface area contributed by atoms with Crippen molar-refractivity contribution in [2.24, 2.45) is 0 Å². The number of thiophene rings is 2. The number of nitrogens with zero attached hydrogens (tertiary/aromatic N) is 2. The lowest BCUT2D eigenvalue weighted by atomic mass is 9.70. The summed E-state index contributed by atoms with van der Waals surface area (Å²) in [5, 5.41) is 18.2. The van der Waals surface area contributed by atoms with Crippen LogP contribution in [0.1, 0.15) is 37.0 Å². The Labute approximate surface area is 414 Å². The van der Waals surface area contributed by atoms with Gasteiger partial charge in [0.15, 0.2) is 0 Å². The summed E-state index contributed by atoms with van der Waals surface area (Å²) in [7, 11) is 0. The van der Waals surface area contributed by atoms with Crippen molar-refractivity contribution in [2.45, 2.75) is 39.0 Å². The van der Waals surface area contributed by atoms with Gasteiger partial charge in [-0.3, -0.25) is 0 Å². The van der Waals surface area contributed by atoms with Crippen LogP contribution in [0.2, 0.25) is 0 Å². The van der Waals surface area contributed by atoms with Gasteiger partial charge in [0.25, 0.3) is 0 Å². The zero-order valence-electron chi connectivity index (χ0n) is 39.2. The molecule has 70 heavy (non-hydrogen) atoms. The Bertz CT molecular complexity index is 4480. The summed E-state index contributed by atoms with van der Waals surface area (Å²) in [6.45, 7) is 7.29. The lowest BCUT2D eigenvalue weighted by Gasteiger charge is -2.37. The van der Waals surface area contributed by atoms with Gasteiger partial charge in [0, 0.05) is 57.9 Å². The number of anilines is 6. The summed E-state index contributed by atoms with van der Waals surface area (Å²) >= 11 is 3.81. The zero-order valence-corrected chi connectivity index (χ0v) is 40.8. The Morgan fingerprint density at radius 3 is 1.44 bits per heavy atom. The van der Waals surface area contributed by atoms with E-state index in [9.17, 15) is 0 Å². The third-order valence-corrected chi connectivity index (χ3v) is 18.2. The van der Waals surface area contributed by atoms with Gasteiger partial charge in [-0.05, 0) is 123 Å². The van der Waals surface area contributed by atoms with E-state index in [1.807, 2.05) is 22.7 Å². The average Bonchev–Trinajstić information content (AvgIpc) is 3.98. The van der Waals surface area contributed by atoms with Crippen molar-refractivity contribution in [2.75, 3.05) is 9.80 Å². The van der Waals surface area contributed by atoms with Crippen LogP contribution in [0, 0.1) is 6.92 Å². The molecule has 14 aromatic rings. The van der Waals surface area contributed by atoms with Crippen molar-refractivity contribution in [1.29, 1.82) is 0 Å². The smallest absolute Gasteiger partial charge is 0.0640 e. The Morgan fingerprint density at radius 1 is 0.371 bits per heavy atom. The van der Waals surface area contributed by atoms with E-state index < -0.39 is 0 Å². The molecule has 0 atom stereocenters. The van der Waals surface area contributed by atoms with Gasteiger partial charge in [0.1, 0.15) is 0 Å². The standard InChI is InChI=1S/C66H46N2S2/c1-39-36-57(67(53-26-12-18-40-16-4-6-20-44(40)53)55-28-14-24-48-46-22-8-10-30-59(46)69-64(48)55)51-38-52-61-42(34-35-66(52,2)3)37-58(50-33-32-43(39)62(51)63(50)61)68(54-27-13-19-41-17-5-7-21-45(41)54)56-29-15-25-49-47-23-9-11-31-60(47)70-65(49)56/h4-33,36-38H,34-35H2,1-3H3. The second-order valence-electron chi connectivity index (χ2n) is 20.1. The molecular weight excluding hydrogens is 885 g/mol. The fourth-order valence-electron chi connectivity index (χ4n) is 12.4. The monoisotopic (exact) mass is 930 g/mol. The molecule has 0 amide bonds. The highest BCUT2D eigenvalue weighted by Gasteiger charge is 2.34.